The Labute approximate surface area is 210 Å². The first-order valence-electron chi connectivity index (χ1n) is 12.2. The molecule has 10 heteroatoms. The van der Waals surface area contributed by atoms with Gasteiger partial charge in [0.15, 0.2) is 11.5 Å². The lowest BCUT2D eigenvalue weighted by Crippen LogP contribution is -2.51. The molecule has 1 aliphatic heterocycles. The quantitative estimate of drug-likeness (QED) is 0.439. The fourth-order valence-electron chi connectivity index (χ4n) is 4.05. The summed E-state index contributed by atoms with van der Waals surface area (Å²) in [6.45, 7) is 6.22. The highest BCUT2D eigenvalue weighted by atomic mass is 16.5. The number of aryl methyl sites for hydroxylation is 1. The number of hydrogen-bond donors (Lipinski definition) is 2. The summed E-state index contributed by atoms with van der Waals surface area (Å²) in [5, 5.41) is 11.7. The van der Waals surface area contributed by atoms with Gasteiger partial charge in [0.1, 0.15) is 6.04 Å². The van der Waals surface area contributed by atoms with Crippen molar-refractivity contribution in [2.24, 2.45) is 5.73 Å². The van der Waals surface area contributed by atoms with Gasteiger partial charge in [0.05, 0.1) is 32.0 Å². The van der Waals surface area contributed by atoms with Crippen LogP contribution < -0.4 is 11.1 Å². The maximum atomic E-state index is 12.8. The molecule has 0 spiro atoms. The maximum Gasteiger partial charge on any atom is 0.240 e. The van der Waals surface area contributed by atoms with Crippen molar-refractivity contribution in [1.29, 1.82) is 0 Å². The van der Waals surface area contributed by atoms with Crippen LogP contribution in [0.4, 0.5) is 0 Å². The van der Waals surface area contributed by atoms with E-state index in [4.69, 9.17) is 15.2 Å². The van der Waals surface area contributed by atoms with Crippen LogP contribution in [0, 0.1) is 0 Å². The Balaban J connectivity index is 1.55. The van der Waals surface area contributed by atoms with Crippen LogP contribution in [-0.2, 0) is 32.1 Å². The van der Waals surface area contributed by atoms with Gasteiger partial charge in [-0.2, -0.15) is 0 Å². The molecule has 0 aliphatic carbocycles. The van der Waals surface area contributed by atoms with Gasteiger partial charge in [-0.05, 0) is 38.0 Å². The number of nitrogens with zero attached hydrogens (tertiary/aromatic N) is 4. The minimum absolute atomic E-state index is 0.0888. The lowest BCUT2D eigenvalue weighted by molar-refractivity contribution is -0.135. The molecule has 1 fully saturated rings. The zero-order chi connectivity index (χ0) is 25.5. The van der Waals surface area contributed by atoms with Gasteiger partial charge in [0.25, 0.3) is 0 Å². The van der Waals surface area contributed by atoms with E-state index in [2.05, 4.69) is 15.5 Å². The Morgan fingerprint density at radius 1 is 1.11 bits per heavy atom. The van der Waals surface area contributed by atoms with Crippen LogP contribution in [0.5, 0.6) is 0 Å². The fraction of sp³-hybridized carbons (Fsp3) is 0.462. The van der Waals surface area contributed by atoms with E-state index in [1.165, 1.54) is 0 Å². The van der Waals surface area contributed by atoms with Crippen LogP contribution >= 0.6 is 0 Å². The second kappa shape index (κ2) is 11.6. The lowest BCUT2D eigenvalue weighted by atomic mass is 10.1. The molecule has 0 radical (unpaired) electrons. The van der Waals surface area contributed by atoms with Gasteiger partial charge in [-0.3, -0.25) is 14.0 Å². The van der Waals surface area contributed by atoms with Gasteiger partial charge >= 0.3 is 0 Å². The van der Waals surface area contributed by atoms with Crippen LogP contribution in [0.3, 0.4) is 0 Å². The fourth-order valence-corrected chi connectivity index (χ4v) is 4.05. The second-order valence-corrected chi connectivity index (χ2v) is 9.51. The first kappa shape index (κ1) is 25.7. The lowest BCUT2D eigenvalue weighted by Gasteiger charge is -2.27. The van der Waals surface area contributed by atoms with Crippen molar-refractivity contribution >= 4 is 17.5 Å². The molecule has 36 heavy (non-hydrogen) atoms. The van der Waals surface area contributed by atoms with E-state index in [-0.39, 0.29) is 18.4 Å². The van der Waals surface area contributed by atoms with Crippen molar-refractivity contribution in [1.82, 2.24) is 24.8 Å². The number of fused-ring (bicyclic) bond motifs is 1. The van der Waals surface area contributed by atoms with Crippen LogP contribution in [-0.4, -0.2) is 69.8 Å². The van der Waals surface area contributed by atoms with E-state index in [1.54, 1.807) is 13.8 Å². The summed E-state index contributed by atoms with van der Waals surface area (Å²) in [5.41, 5.74) is 7.51. The number of rotatable bonds is 10. The number of nitrogens with one attached hydrogen (secondary N) is 1. The summed E-state index contributed by atoms with van der Waals surface area (Å²) in [6, 6.07) is 14.9. The van der Waals surface area contributed by atoms with E-state index in [0.29, 0.717) is 57.2 Å². The van der Waals surface area contributed by atoms with E-state index < -0.39 is 11.6 Å². The summed E-state index contributed by atoms with van der Waals surface area (Å²) in [6.07, 6.45) is 0.862. The number of benzene rings is 1. The molecule has 0 unspecified atom stereocenters. The Hall–Kier alpha value is -3.34. The van der Waals surface area contributed by atoms with Gasteiger partial charge in [-0.15, -0.1) is 10.2 Å². The van der Waals surface area contributed by atoms with E-state index in [9.17, 15) is 9.59 Å². The predicted molar refractivity (Wildman–Crippen MR) is 134 cm³/mol. The number of ether oxygens (including phenoxy) is 2. The molecular weight excluding hydrogens is 460 g/mol. The highest BCUT2D eigenvalue weighted by Crippen LogP contribution is 2.19. The highest BCUT2D eigenvalue weighted by Gasteiger charge is 2.28. The molecule has 10 nitrogen and oxygen atoms in total. The standard InChI is InChI=1S/C26H34N6O4/c1-26(2,27)25(34)28-21(18-36-17-19-7-4-3-5-8-19)24-30-29-22-10-6-9-20(32(22)24)11-12-23(33)31-13-15-35-16-14-31/h3-10,21H,11-18,27H2,1-2H3,(H,28,34)/t21-/m1/s1. The third-order valence-corrected chi connectivity index (χ3v) is 6.09. The van der Waals surface area contributed by atoms with Gasteiger partial charge in [-0.25, -0.2) is 0 Å². The summed E-state index contributed by atoms with van der Waals surface area (Å²) < 4.78 is 13.2. The van der Waals surface area contributed by atoms with Gasteiger partial charge in [0.2, 0.25) is 11.8 Å². The van der Waals surface area contributed by atoms with Crippen molar-refractivity contribution < 1.29 is 19.1 Å². The average Bonchev–Trinajstić information content (AvgIpc) is 3.32. The van der Waals surface area contributed by atoms with Crippen LogP contribution in [0.2, 0.25) is 0 Å². The molecule has 3 aromatic rings. The number of hydrogen-bond acceptors (Lipinski definition) is 7. The molecule has 3 N–H and O–H groups in total. The number of amides is 2. The summed E-state index contributed by atoms with van der Waals surface area (Å²) >= 11 is 0. The molecule has 2 aromatic heterocycles. The predicted octanol–water partition coefficient (Wildman–Crippen LogP) is 1.63. The van der Waals surface area contributed by atoms with E-state index >= 15 is 0 Å². The number of nitrogens with two attached hydrogens (primary N) is 1. The number of carbonyl (C=O) groups excluding carboxylic acids is 2. The molecule has 4 rings (SSSR count). The molecular formula is C26H34N6O4. The molecule has 1 saturated heterocycles. The number of pyridine rings is 1. The third-order valence-electron chi connectivity index (χ3n) is 6.09. The van der Waals surface area contributed by atoms with Gasteiger partial charge in [0, 0.05) is 25.2 Å². The molecule has 0 bridgehead atoms. The Morgan fingerprint density at radius 2 is 1.86 bits per heavy atom. The average molecular weight is 495 g/mol. The highest BCUT2D eigenvalue weighted by molar-refractivity contribution is 5.85. The summed E-state index contributed by atoms with van der Waals surface area (Å²) in [4.78, 5) is 27.4. The molecule has 192 valence electrons. The maximum absolute atomic E-state index is 12.8. The van der Waals surface area contributed by atoms with E-state index in [1.807, 2.05) is 57.8 Å². The summed E-state index contributed by atoms with van der Waals surface area (Å²) in [5.74, 6) is 0.295. The minimum atomic E-state index is -1.08. The van der Waals surface area contributed by atoms with E-state index in [0.717, 1.165) is 11.3 Å². The molecule has 3 heterocycles. The SMILES string of the molecule is CC(C)(N)C(=O)N[C@H](COCc1ccccc1)c1nnc2cccc(CCC(=O)N3CCOCC3)n12. The monoisotopic (exact) mass is 494 g/mol. The van der Waals surface area contributed by atoms with Gasteiger partial charge in [-0.1, -0.05) is 36.4 Å². The molecule has 2 amide bonds. The Kier molecular flexibility index (Phi) is 8.29. The van der Waals surface area contributed by atoms with Crippen molar-refractivity contribution in [3.8, 4) is 0 Å². The first-order valence-corrected chi connectivity index (χ1v) is 12.2. The zero-order valence-electron chi connectivity index (χ0n) is 20.9. The smallest absolute Gasteiger partial charge is 0.240 e. The first-order chi connectivity index (χ1) is 17.3. The van der Waals surface area contributed by atoms with Crippen molar-refractivity contribution in [3.63, 3.8) is 0 Å². The minimum Gasteiger partial charge on any atom is -0.378 e. The molecule has 1 aromatic carbocycles. The largest absolute Gasteiger partial charge is 0.378 e. The Bertz CT molecular complexity index is 1170. The van der Waals surface area contributed by atoms with Crippen LogP contribution in [0.1, 0.15) is 43.4 Å². The molecule has 1 aliphatic rings. The van der Waals surface area contributed by atoms with Gasteiger partial charge < -0.3 is 25.4 Å². The normalized spacial score (nSPS) is 15.1. The zero-order valence-corrected chi connectivity index (χ0v) is 20.9. The topological polar surface area (TPSA) is 124 Å². The number of carbonyl (C=O) groups is 2. The third kappa shape index (κ3) is 6.45. The van der Waals surface area contributed by atoms with Crippen molar-refractivity contribution in [3.05, 3.63) is 65.6 Å². The van der Waals surface area contributed by atoms with Crippen molar-refractivity contribution in [2.75, 3.05) is 32.9 Å². The van der Waals surface area contributed by atoms with Crippen LogP contribution in [0.25, 0.3) is 5.65 Å². The number of morpholine rings is 1. The van der Waals surface area contributed by atoms with Crippen LogP contribution in [0.15, 0.2) is 48.5 Å². The summed E-state index contributed by atoms with van der Waals surface area (Å²) in [7, 11) is 0. The molecule has 1 atom stereocenters. The molecule has 0 saturated carbocycles. The Morgan fingerprint density at radius 3 is 2.58 bits per heavy atom. The second-order valence-electron chi connectivity index (χ2n) is 9.51. The van der Waals surface area contributed by atoms with Crippen molar-refractivity contribution in [2.45, 2.75) is 44.9 Å². The number of aromatic nitrogens is 3.